The zero-order valence-electron chi connectivity index (χ0n) is 13.3. The van der Waals surface area contributed by atoms with Crippen molar-refractivity contribution >= 4 is 23.1 Å². The van der Waals surface area contributed by atoms with Crippen molar-refractivity contribution in [3.8, 4) is 5.75 Å². The number of amides is 2. The minimum atomic E-state index is -2.90. The number of nitrogens with one attached hydrogen (secondary N) is 2. The van der Waals surface area contributed by atoms with E-state index in [0.717, 1.165) is 5.56 Å². The molecule has 2 aromatic rings. The summed E-state index contributed by atoms with van der Waals surface area (Å²) in [6.07, 6.45) is 0. The lowest BCUT2D eigenvalue weighted by molar-refractivity contribution is -0.0497. The van der Waals surface area contributed by atoms with Crippen molar-refractivity contribution in [2.24, 2.45) is 0 Å². The second-order valence-electron chi connectivity index (χ2n) is 5.28. The number of anilines is 1. The summed E-state index contributed by atoms with van der Waals surface area (Å²) < 4.78 is 28.7. The van der Waals surface area contributed by atoms with E-state index < -0.39 is 12.6 Å². The lowest BCUT2D eigenvalue weighted by atomic mass is 10.1. The summed E-state index contributed by atoms with van der Waals surface area (Å²) in [4.78, 5) is 14.0. The second-order valence-corrected chi connectivity index (χ2v) is 6.06. The number of thiophene rings is 1. The average Bonchev–Trinajstić information content (AvgIpc) is 3.00. The van der Waals surface area contributed by atoms with Crippen molar-refractivity contribution in [1.29, 1.82) is 0 Å². The van der Waals surface area contributed by atoms with Gasteiger partial charge in [-0.05, 0) is 48.6 Å². The number of likely N-dealkylation sites (N-methyl/N-ethyl adjacent to an activating group) is 1. The fraction of sp³-hybridized carbons (Fsp3) is 0.312. The molecule has 0 bridgehead atoms. The van der Waals surface area contributed by atoms with Gasteiger partial charge in [-0.25, -0.2) is 4.79 Å². The number of hydrogen-bond acceptors (Lipinski definition) is 4. The van der Waals surface area contributed by atoms with Gasteiger partial charge in [-0.1, -0.05) is 6.07 Å². The molecule has 0 spiro atoms. The number of rotatable bonds is 7. The third-order valence-electron chi connectivity index (χ3n) is 3.32. The SMILES string of the molecule is CN(C)C(CNC(=O)Nc1cccc(OC(F)F)c1)c1ccsc1. The summed E-state index contributed by atoms with van der Waals surface area (Å²) in [6, 6.07) is 7.52. The van der Waals surface area contributed by atoms with Crippen LogP contribution in [-0.2, 0) is 0 Å². The number of carbonyl (C=O) groups is 1. The van der Waals surface area contributed by atoms with Gasteiger partial charge < -0.3 is 20.3 Å². The Hall–Kier alpha value is -2.19. The predicted molar refractivity (Wildman–Crippen MR) is 90.8 cm³/mol. The maximum absolute atomic E-state index is 12.2. The van der Waals surface area contributed by atoms with E-state index in [4.69, 9.17) is 0 Å². The van der Waals surface area contributed by atoms with Crippen LogP contribution in [0.2, 0.25) is 0 Å². The summed E-state index contributed by atoms with van der Waals surface area (Å²) in [7, 11) is 3.88. The Morgan fingerprint density at radius 3 is 2.75 bits per heavy atom. The fourth-order valence-corrected chi connectivity index (χ4v) is 2.88. The van der Waals surface area contributed by atoms with Crippen LogP contribution in [0.15, 0.2) is 41.1 Å². The summed E-state index contributed by atoms with van der Waals surface area (Å²) in [5.41, 5.74) is 1.50. The van der Waals surface area contributed by atoms with Gasteiger partial charge in [-0.15, -0.1) is 0 Å². The minimum Gasteiger partial charge on any atom is -0.435 e. The lowest BCUT2D eigenvalue weighted by Gasteiger charge is -2.24. The molecule has 0 aliphatic carbocycles. The molecule has 2 amide bonds. The molecule has 1 atom stereocenters. The van der Waals surface area contributed by atoms with Crippen molar-refractivity contribution in [1.82, 2.24) is 10.2 Å². The highest BCUT2D eigenvalue weighted by Crippen LogP contribution is 2.21. The van der Waals surface area contributed by atoms with Gasteiger partial charge in [-0.2, -0.15) is 20.1 Å². The van der Waals surface area contributed by atoms with Crippen LogP contribution >= 0.6 is 11.3 Å². The molecule has 1 heterocycles. The van der Waals surface area contributed by atoms with Crippen molar-refractivity contribution in [2.75, 3.05) is 26.0 Å². The third kappa shape index (κ3) is 5.47. The van der Waals surface area contributed by atoms with Crippen LogP contribution in [0.1, 0.15) is 11.6 Å². The molecule has 0 saturated carbocycles. The molecule has 1 aromatic heterocycles. The molecule has 24 heavy (non-hydrogen) atoms. The number of hydrogen-bond donors (Lipinski definition) is 2. The van der Waals surface area contributed by atoms with E-state index in [1.807, 2.05) is 35.8 Å². The van der Waals surface area contributed by atoms with Gasteiger partial charge in [0.25, 0.3) is 0 Å². The first-order valence-electron chi connectivity index (χ1n) is 7.24. The van der Waals surface area contributed by atoms with E-state index in [9.17, 15) is 13.6 Å². The zero-order chi connectivity index (χ0) is 17.5. The van der Waals surface area contributed by atoms with Crippen molar-refractivity contribution in [2.45, 2.75) is 12.7 Å². The van der Waals surface area contributed by atoms with Crippen LogP contribution in [0.4, 0.5) is 19.3 Å². The van der Waals surface area contributed by atoms with Gasteiger partial charge in [0.2, 0.25) is 0 Å². The molecule has 0 radical (unpaired) electrons. The first kappa shape index (κ1) is 18.2. The molecular weight excluding hydrogens is 336 g/mol. The molecule has 0 fully saturated rings. The zero-order valence-corrected chi connectivity index (χ0v) is 14.1. The average molecular weight is 355 g/mol. The quantitative estimate of drug-likeness (QED) is 0.795. The van der Waals surface area contributed by atoms with E-state index in [1.165, 1.54) is 18.2 Å². The molecule has 1 unspecified atom stereocenters. The number of benzene rings is 1. The van der Waals surface area contributed by atoms with Crippen molar-refractivity contribution in [3.05, 3.63) is 46.7 Å². The monoisotopic (exact) mass is 355 g/mol. The molecule has 0 saturated heterocycles. The van der Waals surface area contributed by atoms with Gasteiger partial charge in [-0.3, -0.25) is 0 Å². The minimum absolute atomic E-state index is 0.00718. The van der Waals surface area contributed by atoms with Crippen LogP contribution in [0.25, 0.3) is 0 Å². The topological polar surface area (TPSA) is 53.6 Å². The fourth-order valence-electron chi connectivity index (χ4n) is 2.18. The number of urea groups is 1. The van der Waals surface area contributed by atoms with E-state index in [0.29, 0.717) is 12.2 Å². The van der Waals surface area contributed by atoms with Crippen molar-refractivity contribution in [3.63, 3.8) is 0 Å². The Bertz CT molecular complexity index is 651. The molecule has 0 aliphatic heterocycles. The molecule has 0 aliphatic rings. The van der Waals surface area contributed by atoms with Crippen molar-refractivity contribution < 1.29 is 18.3 Å². The summed E-state index contributed by atoms with van der Waals surface area (Å²) >= 11 is 1.60. The molecule has 5 nitrogen and oxygen atoms in total. The number of carbonyl (C=O) groups excluding carboxylic acids is 1. The maximum Gasteiger partial charge on any atom is 0.387 e. The second kappa shape index (κ2) is 8.60. The van der Waals surface area contributed by atoms with E-state index in [1.54, 1.807) is 17.4 Å². The third-order valence-corrected chi connectivity index (χ3v) is 4.03. The van der Waals surface area contributed by atoms with Gasteiger partial charge in [0.15, 0.2) is 0 Å². The highest BCUT2D eigenvalue weighted by Gasteiger charge is 2.15. The van der Waals surface area contributed by atoms with Crippen LogP contribution in [0.3, 0.4) is 0 Å². The Kier molecular flexibility index (Phi) is 6.51. The Morgan fingerprint density at radius 2 is 2.12 bits per heavy atom. The molecule has 8 heteroatoms. The highest BCUT2D eigenvalue weighted by atomic mass is 32.1. The normalized spacial score (nSPS) is 12.2. The molecule has 2 rings (SSSR count). The van der Waals surface area contributed by atoms with Crippen LogP contribution in [-0.4, -0.2) is 38.2 Å². The van der Waals surface area contributed by atoms with E-state index >= 15 is 0 Å². The summed E-state index contributed by atoms with van der Waals surface area (Å²) in [5.74, 6) is -0.00718. The molecule has 1 aromatic carbocycles. The van der Waals surface area contributed by atoms with Crippen LogP contribution < -0.4 is 15.4 Å². The summed E-state index contributed by atoms with van der Waals surface area (Å²) in [6.45, 7) is -2.48. The Balaban J connectivity index is 1.91. The van der Waals surface area contributed by atoms with Gasteiger partial charge in [0, 0.05) is 18.3 Å². The molecule has 2 N–H and O–H groups in total. The predicted octanol–water partition coefficient (Wildman–Crippen LogP) is 3.77. The molecular formula is C16H19F2N3O2S. The summed E-state index contributed by atoms with van der Waals surface area (Å²) in [5, 5.41) is 9.41. The lowest BCUT2D eigenvalue weighted by Crippen LogP contribution is -2.36. The van der Waals surface area contributed by atoms with Gasteiger partial charge >= 0.3 is 12.6 Å². The van der Waals surface area contributed by atoms with Crippen LogP contribution in [0, 0.1) is 0 Å². The smallest absolute Gasteiger partial charge is 0.387 e. The first-order valence-corrected chi connectivity index (χ1v) is 8.18. The van der Waals surface area contributed by atoms with Gasteiger partial charge in [0.1, 0.15) is 5.75 Å². The van der Waals surface area contributed by atoms with E-state index in [-0.39, 0.29) is 11.8 Å². The number of halogens is 2. The number of alkyl halides is 2. The van der Waals surface area contributed by atoms with Crippen LogP contribution in [0.5, 0.6) is 5.75 Å². The van der Waals surface area contributed by atoms with Gasteiger partial charge in [0.05, 0.1) is 6.04 Å². The maximum atomic E-state index is 12.2. The van der Waals surface area contributed by atoms with E-state index in [2.05, 4.69) is 15.4 Å². The number of ether oxygens (including phenoxy) is 1. The first-order chi connectivity index (χ1) is 11.5. The Labute approximate surface area is 143 Å². The largest absolute Gasteiger partial charge is 0.435 e. The Morgan fingerprint density at radius 1 is 1.33 bits per heavy atom. The number of nitrogens with zero attached hydrogens (tertiary/aromatic N) is 1. The standard InChI is InChI=1S/C16H19F2N3O2S/c1-21(2)14(11-6-7-24-10-11)9-19-16(22)20-12-4-3-5-13(8-12)23-15(17)18/h3-8,10,14-15H,9H2,1-2H3,(H2,19,20,22). The highest BCUT2D eigenvalue weighted by molar-refractivity contribution is 7.07. The molecule has 130 valence electrons.